The zero-order chi connectivity index (χ0) is 39.3. The molecule has 0 aliphatic rings. The molecule has 0 saturated carbocycles. The molecule has 0 spiro atoms. The molecule has 11 aromatic rings. The van der Waals surface area contributed by atoms with Gasteiger partial charge >= 0.3 is 0 Å². The van der Waals surface area contributed by atoms with Crippen LogP contribution in [-0.4, -0.2) is 18.4 Å². The predicted octanol–water partition coefficient (Wildman–Crippen LogP) is 14.7. The van der Waals surface area contributed by atoms with Crippen LogP contribution in [0.4, 0.5) is 0 Å². The van der Waals surface area contributed by atoms with Crippen molar-refractivity contribution in [3.8, 4) is 22.3 Å². The van der Waals surface area contributed by atoms with Crippen molar-refractivity contribution in [1.29, 1.82) is 0 Å². The lowest BCUT2D eigenvalue weighted by molar-refractivity contribution is 0.669. The van der Waals surface area contributed by atoms with Crippen LogP contribution in [0.2, 0.25) is 0 Å². The van der Waals surface area contributed by atoms with E-state index in [1.54, 1.807) is 11.3 Å². The Bertz CT molecular complexity index is 3500. The Morgan fingerprint density at radius 1 is 0.475 bits per heavy atom. The van der Waals surface area contributed by atoms with Gasteiger partial charge in [0.05, 0.1) is 6.54 Å². The van der Waals surface area contributed by atoms with Crippen molar-refractivity contribution in [2.24, 2.45) is 15.0 Å². The largest absolute Gasteiger partial charge is 0.456 e. The normalized spacial score (nSPS) is 12.4. The van der Waals surface area contributed by atoms with E-state index in [4.69, 9.17) is 14.4 Å². The standard InChI is InChI=1S/C54H35N3OS/c1-55-53(41-27-28-44-43-15-7-9-20-50(43)59-51(44)32-41)57-54(37-24-21-36(22-25-37)39-26-23-35-11-2-3-12-38(35)31-39)56-33-34-29-40-13-4-5-14-42(40)47(30-34)45-17-10-19-49-52(45)46-16-6-8-18-48(46)58-49/h2-32H,1,33H2. The van der Waals surface area contributed by atoms with Crippen LogP contribution in [-0.2, 0) is 6.54 Å². The second kappa shape index (κ2) is 14.5. The summed E-state index contributed by atoms with van der Waals surface area (Å²) in [5.41, 5.74) is 9.18. The predicted molar refractivity (Wildman–Crippen MR) is 252 cm³/mol. The van der Waals surface area contributed by atoms with Gasteiger partial charge in [-0.05, 0) is 98.5 Å². The molecule has 0 aliphatic heterocycles. The van der Waals surface area contributed by atoms with E-state index in [1.165, 1.54) is 36.3 Å². The zero-order valence-corrected chi connectivity index (χ0v) is 32.8. The second-order valence-corrected chi connectivity index (χ2v) is 15.9. The summed E-state index contributed by atoms with van der Waals surface area (Å²) in [7, 11) is 0. The highest BCUT2D eigenvalue weighted by molar-refractivity contribution is 7.25. The highest BCUT2D eigenvalue weighted by Gasteiger charge is 2.16. The molecule has 11 rings (SSSR count). The van der Waals surface area contributed by atoms with Crippen LogP contribution in [0.5, 0.6) is 0 Å². The summed E-state index contributed by atoms with van der Waals surface area (Å²) in [4.78, 5) is 15.0. The van der Waals surface area contributed by atoms with Gasteiger partial charge in [0, 0.05) is 42.1 Å². The van der Waals surface area contributed by atoms with Gasteiger partial charge in [0.25, 0.3) is 0 Å². The average Bonchev–Trinajstić information content (AvgIpc) is 3.87. The molecule has 278 valence electrons. The first-order chi connectivity index (χ1) is 29.2. The number of hydrogen-bond donors (Lipinski definition) is 0. The van der Waals surface area contributed by atoms with Gasteiger partial charge in [-0.15, -0.1) is 11.3 Å². The highest BCUT2D eigenvalue weighted by Crippen LogP contribution is 2.40. The minimum absolute atomic E-state index is 0.408. The van der Waals surface area contributed by atoms with Crippen molar-refractivity contribution in [3.05, 3.63) is 205 Å². The maximum absolute atomic E-state index is 6.31. The first-order valence-electron chi connectivity index (χ1n) is 19.7. The van der Waals surface area contributed by atoms with Crippen LogP contribution in [0.1, 0.15) is 16.7 Å². The van der Waals surface area contributed by atoms with Crippen molar-refractivity contribution < 1.29 is 4.42 Å². The minimum atomic E-state index is 0.408. The van der Waals surface area contributed by atoms with E-state index < -0.39 is 0 Å². The van der Waals surface area contributed by atoms with Crippen molar-refractivity contribution >= 4 is 93.4 Å². The molecule has 59 heavy (non-hydrogen) atoms. The molecule has 2 heterocycles. The minimum Gasteiger partial charge on any atom is -0.456 e. The van der Waals surface area contributed by atoms with Crippen LogP contribution >= 0.6 is 11.3 Å². The summed E-state index contributed by atoms with van der Waals surface area (Å²) in [5.74, 6) is 1.12. The van der Waals surface area contributed by atoms with Crippen LogP contribution in [0.3, 0.4) is 0 Å². The molecule has 0 N–H and O–H groups in total. The lowest BCUT2D eigenvalue weighted by Gasteiger charge is -2.12. The first-order valence-corrected chi connectivity index (χ1v) is 20.5. The summed E-state index contributed by atoms with van der Waals surface area (Å²) < 4.78 is 8.75. The average molecular weight is 774 g/mol. The van der Waals surface area contributed by atoms with Gasteiger partial charge in [-0.3, -0.25) is 4.99 Å². The fourth-order valence-electron chi connectivity index (χ4n) is 8.38. The third-order valence-electron chi connectivity index (χ3n) is 11.3. The van der Waals surface area contributed by atoms with Gasteiger partial charge in [0.15, 0.2) is 11.7 Å². The quantitative estimate of drug-likeness (QED) is 0.123. The third-order valence-corrected chi connectivity index (χ3v) is 12.4. The van der Waals surface area contributed by atoms with Gasteiger partial charge in [0.1, 0.15) is 11.2 Å². The molecule has 2 aromatic heterocycles. The molecule has 0 radical (unpaired) electrons. The van der Waals surface area contributed by atoms with Gasteiger partial charge in [-0.2, -0.15) is 0 Å². The van der Waals surface area contributed by atoms with Crippen molar-refractivity contribution in [3.63, 3.8) is 0 Å². The van der Waals surface area contributed by atoms with E-state index >= 15 is 0 Å². The Balaban J connectivity index is 1.03. The Morgan fingerprint density at radius 3 is 2.03 bits per heavy atom. The summed E-state index contributed by atoms with van der Waals surface area (Å²) >= 11 is 1.78. The third kappa shape index (κ3) is 6.29. The number of hydrogen-bond acceptors (Lipinski definition) is 3. The van der Waals surface area contributed by atoms with Crippen LogP contribution < -0.4 is 0 Å². The molecule has 0 unspecified atom stereocenters. The number of aliphatic imine (C=N–C) groups is 3. The molecule has 0 amide bonds. The summed E-state index contributed by atoms with van der Waals surface area (Å²) in [6.45, 7) is 4.39. The lowest BCUT2D eigenvalue weighted by Crippen LogP contribution is -2.05. The van der Waals surface area contributed by atoms with Gasteiger partial charge in [-0.25, -0.2) is 9.98 Å². The van der Waals surface area contributed by atoms with Crippen molar-refractivity contribution in [1.82, 2.24) is 0 Å². The Morgan fingerprint density at radius 2 is 1.17 bits per heavy atom. The van der Waals surface area contributed by atoms with Gasteiger partial charge in [-0.1, -0.05) is 146 Å². The van der Waals surface area contributed by atoms with E-state index in [-0.39, 0.29) is 0 Å². The number of fused-ring (bicyclic) bond motifs is 8. The van der Waals surface area contributed by atoms with E-state index in [1.807, 2.05) is 12.1 Å². The van der Waals surface area contributed by atoms with Crippen molar-refractivity contribution in [2.75, 3.05) is 0 Å². The lowest BCUT2D eigenvalue weighted by atomic mass is 9.93. The number of rotatable bonds is 6. The molecule has 0 fully saturated rings. The van der Waals surface area contributed by atoms with Crippen molar-refractivity contribution in [2.45, 2.75) is 6.54 Å². The number of furan rings is 1. The monoisotopic (exact) mass is 773 g/mol. The van der Waals surface area contributed by atoms with Crippen LogP contribution in [0.25, 0.3) is 85.9 Å². The van der Waals surface area contributed by atoms with Gasteiger partial charge in [0.2, 0.25) is 0 Å². The Kier molecular flexibility index (Phi) is 8.53. The highest BCUT2D eigenvalue weighted by atomic mass is 32.1. The van der Waals surface area contributed by atoms with Crippen LogP contribution in [0.15, 0.2) is 207 Å². The number of amidine groups is 2. The maximum atomic E-state index is 6.31. The van der Waals surface area contributed by atoms with E-state index in [2.05, 4.69) is 188 Å². The molecule has 5 heteroatoms. The smallest absolute Gasteiger partial charge is 0.161 e. The summed E-state index contributed by atoms with van der Waals surface area (Å²) in [6, 6.07) is 66.2. The topological polar surface area (TPSA) is 50.2 Å². The second-order valence-electron chi connectivity index (χ2n) is 14.8. The zero-order valence-electron chi connectivity index (χ0n) is 32.0. The Labute approximate surface area is 344 Å². The van der Waals surface area contributed by atoms with Crippen LogP contribution in [0, 0.1) is 0 Å². The van der Waals surface area contributed by atoms with Gasteiger partial charge < -0.3 is 4.42 Å². The molecule has 0 atom stereocenters. The number of para-hydroxylation sites is 1. The maximum Gasteiger partial charge on any atom is 0.161 e. The SMILES string of the molecule is C=NC(=NC(=NCc1cc(-c2cccc3oc4ccccc4c23)c2ccccc2c1)c1ccc(-c2ccc3ccccc3c2)cc1)c1ccc2c(c1)sc1ccccc12. The Hall–Kier alpha value is -7.47. The molecule has 0 saturated heterocycles. The number of thiophene rings is 1. The molecule has 0 bridgehead atoms. The van der Waals surface area contributed by atoms with E-state index in [9.17, 15) is 0 Å². The summed E-state index contributed by atoms with van der Waals surface area (Å²) in [5, 5.41) is 9.46. The fourth-order valence-corrected chi connectivity index (χ4v) is 9.53. The molecule has 0 aliphatic carbocycles. The molecular formula is C54H35N3OS. The number of benzene rings is 9. The van der Waals surface area contributed by atoms with E-state index in [0.717, 1.165) is 66.3 Å². The fraction of sp³-hybridized carbons (Fsp3) is 0.0185. The van der Waals surface area contributed by atoms with E-state index in [0.29, 0.717) is 18.2 Å². The molecule has 4 nitrogen and oxygen atoms in total. The number of nitrogens with zero attached hydrogens (tertiary/aromatic N) is 3. The molecular weight excluding hydrogens is 739 g/mol. The molecule has 9 aromatic carbocycles. The summed E-state index contributed by atoms with van der Waals surface area (Å²) in [6.07, 6.45) is 0. The first kappa shape index (κ1) is 34.8.